The second-order valence-corrected chi connectivity index (χ2v) is 7.79. The second kappa shape index (κ2) is 5.89. The van der Waals surface area contributed by atoms with Gasteiger partial charge in [0.25, 0.3) is 0 Å². The van der Waals surface area contributed by atoms with Crippen LogP contribution in [0.25, 0.3) is 0 Å². The molecule has 0 bridgehead atoms. The Morgan fingerprint density at radius 2 is 1.64 bits per heavy atom. The standard InChI is InChI=1S/C16H27NO5/c1-11-10-17(13(20)22-15(5,6)7)16(11,8-9-18)12(19)21-14(2,3)4/h9,11H,8,10H2,1-7H3/t11-,16+/m0/s1. The Bertz CT molecular complexity index is 460. The Hall–Kier alpha value is -1.59. The molecule has 1 fully saturated rings. The first-order valence-electron chi connectivity index (χ1n) is 7.51. The summed E-state index contributed by atoms with van der Waals surface area (Å²) in [5, 5.41) is 0. The molecule has 126 valence electrons. The predicted octanol–water partition coefficient (Wildman–Crippen LogP) is 2.54. The van der Waals surface area contributed by atoms with Gasteiger partial charge in [-0.05, 0) is 41.5 Å². The van der Waals surface area contributed by atoms with Gasteiger partial charge in [0, 0.05) is 18.9 Å². The van der Waals surface area contributed by atoms with Crippen molar-refractivity contribution in [2.45, 2.75) is 71.6 Å². The molecule has 0 radical (unpaired) electrons. The van der Waals surface area contributed by atoms with Crippen LogP contribution in [0, 0.1) is 5.92 Å². The van der Waals surface area contributed by atoms with Crippen molar-refractivity contribution >= 4 is 18.3 Å². The van der Waals surface area contributed by atoms with Gasteiger partial charge >= 0.3 is 12.1 Å². The average Bonchev–Trinajstić information content (AvgIpc) is 2.27. The van der Waals surface area contributed by atoms with E-state index in [9.17, 15) is 14.4 Å². The lowest BCUT2D eigenvalue weighted by Crippen LogP contribution is -2.73. The van der Waals surface area contributed by atoms with Crippen molar-refractivity contribution in [2.24, 2.45) is 5.92 Å². The minimum atomic E-state index is -1.27. The van der Waals surface area contributed by atoms with Gasteiger partial charge in [-0.3, -0.25) is 4.90 Å². The quantitative estimate of drug-likeness (QED) is 0.591. The third-order valence-electron chi connectivity index (χ3n) is 3.51. The van der Waals surface area contributed by atoms with Crippen molar-refractivity contribution < 1.29 is 23.9 Å². The van der Waals surface area contributed by atoms with E-state index in [0.717, 1.165) is 0 Å². The molecule has 2 atom stereocenters. The fraction of sp³-hybridized carbons (Fsp3) is 0.812. The average molecular weight is 313 g/mol. The smallest absolute Gasteiger partial charge is 0.411 e. The molecule has 0 aromatic carbocycles. The predicted molar refractivity (Wildman–Crippen MR) is 81.4 cm³/mol. The van der Waals surface area contributed by atoms with Crippen LogP contribution in [0.4, 0.5) is 4.79 Å². The fourth-order valence-electron chi connectivity index (χ4n) is 2.50. The molecule has 6 nitrogen and oxygen atoms in total. The SMILES string of the molecule is C[C@H]1CN(C(=O)OC(C)(C)C)[C@@]1(CC=O)C(=O)OC(C)(C)C. The fourth-order valence-corrected chi connectivity index (χ4v) is 2.50. The largest absolute Gasteiger partial charge is 0.458 e. The number of rotatable bonds is 3. The van der Waals surface area contributed by atoms with E-state index in [2.05, 4.69) is 0 Å². The summed E-state index contributed by atoms with van der Waals surface area (Å²) < 4.78 is 10.8. The van der Waals surface area contributed by atoms with Crippen LogP contribution in [0.15, 0.2) is 0 Å². The molecule has 0 aromatic heterocycles. The first kappa shape index (κ1) is 18.5. The monoisotopic (exact) mass is 313 g/mol. The van der Waals surface area contributed by atoms with E-state index in [1.54, 1.807) is 41.5 Å². The van der Waals surface area contributed by atoms with Crippen LogP contribution in [0.3, 0.4) is 0 Å². The lowest BCUT2D eigenvalue weighted by molar-refractivity contribution is -0.187. The van der Waals surface area contributed by atoms with Crippen LogP contribution < -0.4 is 0 Å². The number of amides is 1. The third-order valence-corrected chi connectivity index (χ3v) is 3.51. The van der Waals surface area contributed by atoms with E-state index < -0.39 is 28.8 Å². The van der Waals surface area contributed by atoms with Crippen LogP contribution in [0.1, 0.15) is 54.9 Å². The highest BCUT2D eigenvalue weighted by Crippen LogP contribution is 2.41. The molecule has 1 aliphatic heterocycles. The summed E-state index contributed by atoms with van der Waals surface area (Å²) in [5.74, 6) is -0.725. The van der Waals surface area contributed by atoms with E-state index in [1.165, 1.54) is 4.90 Å². The number of esters is 1. The minimum Gasteiger partial charge on any atom is -0.458 e. The Kier molecular flexibility index (Phi) is 4.94. The topological polar surface area (TPSA) is 72.9 Å². The van der Waals surface area contributed by atoms with Gasteiger partial charge in [0.2, 0.25) is 0 Å². The highest BCUT2D eigenvalue weighted by Gasteiger charge is 2.61. The minimum absolute atomic E-state index is 0.0949. The molecule has 0 N–H and O–H groups in total. The van der Waals surface area contributed by atoms with Crippen molar-refractivity contribution in [2.75, 3.05) is 6.54 Å². The van der Waals surface area contributed by atoms with E-state index in [4.69, 9.17) is 9.47 Å². The van der Waals surface area contributed by atoms with E-state index >= 15 is 0 Å². The molecule has 1 amide bonds. The number of likely N-dealkylation sites (tertiary alicyclic amines) is 1. The number of ether oxygens (including phenoxy) is 2. The van der Waals surface area contributed by atoms with Crippen LogP contribution >= 0.6 is 0 Å². The van der Waals surface area contributed by atoms with E-state index in [-0.39, 0.29) is 12.3 Å². The molecule has 0 aromatic rings. The number of hydrogen-bond acceptors (Lipinski definition) is 5. The van der Waals surface area contributed by atoms with Crippen molar-refractivity contribution in [3.63, 3.8) is 0 Å². The molecule has 6 heteroatoms. The molecular formula is C16H27NO5. The second-order valence-electron chi connectivity index (χ2n) is 7.79. The maximum Gasteiger partial charge on any atom is 0.411 e. The van der Waals surface area contributed by atoms with Crippen molar-refractivity contribution in [3.8, 4) is 0 Å². The first-order chi connectivity index (χ1) is 9.83. The maximum atomic E-state index is 12.6. The number of hydrogen-bond donors (Lipinski definition) is 0. The lowest BCUT2D eigenvalue weighted by atomic mass is 9.73. The van der Waals surface area contributed by atoms with Gasteiger partial charge in [-0.1, -0.05) is 6.92 Å². The first-order valence-corrected chi connectivity index (χ1v) is 7.51. The maximum absolute atomic E-state index is 12.6. The number of carbonyl (C=O) groups is 3. The summed E-state index contributed by atoms with van der Waals surface area (Å²) in [6.07, 6.45) is -0.0440. The Morgan fingerprint density at radius 3 is 2.00 bits per heavy atom. The Labute approximate surface area is 132 Å². The Balaban J connectivity index is 3.06. The van der Waals surface area contributed by atoms with E-state index in [0.29, 0.717) is 12.8 Å². The lowest BCUT2D eigenvalue weighted by Gasteiger charge is -2.54. The summed E-state index contributed by atoms with van der Waals surface area (Å²) in [6.45, 7) is 12.7. The molecule has 1 aliphatic rings. The van der Waals surface area contributed by atoms with Crippen LogP contribution in [-0.4, -0.2) is 46.5 Å². The van der Waals surface area contributed by atoms with Gasteiger partial charge in [-0.15, -0.1) is 0 Å². The summed E-state index contributed by atoms with van der Waals surface area (Å²) in [7, 11) is 0. The summed E-state index contributed by atoms with van der Waals surface area (Å²) in [5.41, 5.74) is -2.63. The number of aldehydes is 1. The molecule has 22 heavy (non-hydrogen) atoms. The zero-order valence-electron chi connectivity index (χ0n) is 14.6. The Morgan fingerprint density at radius 1 is 1.14 bits per heavy atom. The number of carbonyl (C=O) groups excluding carboxylic acids is 3. The molecule has 0 unspecified atom stereocenters. The zero-order valence-corrected chi connectivity index (χ0v) is 14.6. The molecule has 0 saturated carbocycles. The molecular weight excluding hydrogens is 286 g/mol. The van der Waals surface area contributed by atoms with Gasteiger partial charge in [0.1, 0.15) is 17.5 Å². The molecule has 1 rings (SSSR count). The van der Waals surface area contributed by atoms with Gasteiger partial charge < -0.3 is 14.3 Å². The van der Waals surface area contributed by atoms with Crippen LogP contribution in [0.5, 0.6) is 0 Å². The summed E-state index contributed by atoms with van der Waals surface area (Å²) in [4.78, 5) is 37.3. The van der Waals surface area contributed by atoms with Gasteiger partial charge in [-0.25, -0.2) is 9.59 Å². The number of nitrogens with zero attached hydrogens (tertiary/aromatic N) is 1. The van der Waals surface area contributed by atoms with Crippen molar-refractivity contribution in [1.29, 1.82) is 0 Å². The summed E-state index contributed by atoms with van der Waals surface area (Å²) in [6, 6.07) is 0. The summed E-state index contributed by atoms with van der Waals surface area (Å²) >= 11 is 0. The van der Waals surface area contributed by atoms with Crippen LogP contribution in [0.2, 0.25) is 0 Å². The molecule has 1 saturated heterocycles. The highest BCUT2D eigenvalue weighted by molar-refractivity contribution is 5.91. The third kappa shape index (κ3) is 3.78. The molecule has 0 aliphatic carbocycles. The van der Waals surface area contributed by atoms with Crippen molar-refractivity contribution in [1.82, 2.24) is 4.90 Å². The zero-order chi connectivity index (χ0) is 17.3. The van der Waals surface area contributed by atoms with Crippen LogP contribution in [-0.2, 0) is 19.1 Å². The van der Waals surface area contributed by atoms with Gasteiger partial charge in [-0.2, -0.15) is 0 Å². The van der Waals surface area contributed by atoms with Gasteiger partial charge in [0.15, 0.2) is 5.54 Å². The normalized spacial score (nSPS) is 25.2. The van der Waals surface area contributed by atoms with Crippen molar-refractivity contribution in [3.05, 3.63) is 0 Å². The highest BCUT2D eigenvalue weighted by atomic mass is 16.6. The van der Waals surface area contributed by atoms with E-state index in [1.807, 2.05) is 6.92 Å². The molecule has 1 heterocycles. The van der Waals surface area contributed by atoms with Gasteiger partial charge in [0.05, 0.1) is 0 Å². The molecule has 0 spiro atoms.